The van der Waals surface area contributed by atoms with Gasteiger partial charge in [0.25, 0.3) is 0 Å². The molecule has 84 valence electrons. The number of anilines is 1. The maximum atomic E-state index is 6.13. The smallest absolute Gasteiger partial charge is 0.160 e. The summed E-state index contributed by atoms with van der Waals surface area (Å²) in [5, 5.41) is 5.27. The molecule has 2 rings (SSSR count). The molecule has 0 amide bonds. The van der Waals surface area contributed by atoms with Gasteiger partial charge >= 0.3 is 0 Å². The van der Waals surface area contributed by atoms with E-state index in [1.54, 1.807) is 23.9 Å². The van der Waals surface area contributed by atoms with Crippen molar-refractivity contribution >= 4 is 44.9 Å². The van der Waals surface area contributed by atoms with E-state index in [0.29, 0.717) is 15.9 Å². The zero-order valence-electron chi connectivity index (χ0n) is 8.34. The molecule has 0 aliphatic carbocycles. The van der Waals surface area contributed by atoms with Gasteiger partial charge in [-0.15, -0.1) is 0 Å². The van der Waals surface area contributed by atoms with Crippen LogP contribution in [0.3, 0.4) is 0 Å². The molecular weight excluding hydrogens is 313 g/mol. The molecule has 0 saturated heterocycles. The van der Waals surface area contributed by atoms with E-state index in [0.717, 1.165) is 15.7 Å². The third-order valence-electron chi connectivity index (χ3n) is 2.20. The summed E-state index contributed by atoms with van der Waals surface area (Å²) >= 11 is 15.4. The van der Waals surface area contributed by atoms with Gasteiger partial charge in [0, 0.05) is 17.6 Å². The molecule has 0 fully saturated rings. The van der Waals surface area contributed by atoms with Crippen molar-refractivity contribution in [1.82, 2.24) is 9.78 Å². The van der Waals surface area contributed by atoms with E-state index in [9.17, 15) is 0 Å². The van der Waals surface area contributed by atoms with Gasteiger partial charge in [0.05, 0.1) is 15.2 Å². The van der Waals surface area contributed by atoms with E-state index in [4.69, 9.17) is 28.9 Å². The molecule has 1 aromatic carbocycles. The molecule has 16 heavy (non-hydrogen) atoms. The number of nitrogens with two attached hydrogens (primary N) is 1. The highest BCUT2D eigenvalue weighted by Gasteiger charge is 2.15. The van der Waals surface area contributed by atoms with Crippen LogP contribution < -0.4 is 5.73 Å². The van der Waals surface area contributed by atoms with Crippen LogP contribution in [0.4, 0.5) is 5.82 Å². The third-order valence-corrected chi connectivity index (χ3v) is 3.53. The van der Waals surface area contributed by atoms with Crippen LogP contribution in [0.15, 0.2) is 22.7 Å². The lowest BCUT2D eigenvalue weighted by Gasteiger charge is -2.05. The molecule has 0 aliphatic heterocycles. The van der Waals surface area contributed by atoms with Gasteiger partial charge in [-0.3, -0.25) is 4.68 Å². The second-order valence-electron chi connectivity index (χ2n) is 3.30. The van der Waals surface area contributed by atoms with E-state index in [1.807, 2.05) is 6.07 Å². The van der Waals surface area contributed by atoms with Crippen molar-refractivity contribution in [2.24, 2.45) is 7.05 Å². The van der Waals surface area contributed by atoms with Gasteiger partial charge in [-0.1, -0.05) is 23.2 Å². The first-order chi connectivity index (χ1) is 7.50. The minimum absolute atomic E-state index is 0.434. The normalized spacial score (nSPS) is 10.8. The molecule has 0 unspecified atom stereocenters. The van der Waals surface area contributed by atoms with E-state index >= 15 is 0 Å². The van der Waals surface area contributed by atoms with E-state index in [1.165, 1.54) is 0 Å². The van der Waals surface area contributed by atoms with Crippen LogP contribution in [0.25, 0.3) is 11.3 Å². The summed E-state index contributed by atoms with van der Waals surface area (Å²) in [5.74, 6) is 0.434. The molecule has 1 heterocycles. The predicted octanol–water partition coefficient (Wildman–Crippen LogP) is 3.74. The Bertz CT molecular complexity index is 551. The standard InChI is InChI=1S/C10H8BrCl2N3/c1-16-9(8(11)10(14)15-16)6-3-2-5(12)4-7(6)13/h2-4H,1H3,(H2,14,15). The number of rotatable bonds is 1. The van der Waals surface area contributed by atoms with Crippen LogP contribution >= 0.6 is 39.1 Å². The highest BCUT2D eigenvalue weighted by Crippen LogP contribution is 2.36. The lowest BCUT2D eigenvalue weighted by atomic mass is 10.1. The van der Waals surface area contributed by atoms with Gasteiger partial charge in [-0.2, -0.15) is 5.10 Å². The summed E-state index contributed by atoms with van der Waals surface area (Å²) in [6.45, 7) is 0. The number of aromatic nitrogens is 2. The van der Waals surface area contributed by atoms with E-state index in [-0.39, 0.29) is 0 Å². The van der Waals surface area contributed by atoms with Crippen LogP contribution in [-0.2, 0) is 7.05 Å². The summed E-state index contributed by atoms with van der Waals surface area (Å²) in [4.78, 5) is 0. The molecule has 0 radical (unpaired) electrons. The molecule has 3 nitrogen and oxygen atoms in total. The van der Waals surface area contributed by atoms with Crippen LogP contribution in [0.5, 0.6) is 0 Å². The number of benzene rings is 1. The molecule has 0 atom stereocenters. The second kappa shape index (κ2) is 4.28. The zero-order valence-corrected chi connectivity index (χ0v) is 11.4. The van der Waals surface area contributed by atoms with Crippen molar-refractivity contribution in [1.29, 1.82) is 0 Å². The number of aryl methyl sites for hydroxylation is 1. The molecule has 0 bridgehead atoms. The van der Waals surface area contributed by atoms with Crippen LogP contribution in [-0.4, -0.2) is 9.78 Å². The summed E-state index contributed by atoms with van der Waals surface area (Å²) in [5.41, 5.74) is 7.38. The van der Waals surface area contributed by atoms with Gasteiger partial charge < -0.3 is 5.73 Å². The van der Waals surface area contributed by atoms with Crippen LogP contribution in [0, 0.1) is 0 Å². The Kier molecular flexibility index (Phi) is 3.15. The minimum Gasteiger partial charge on any atom is -0.381 e. The van der Waals surface area contributed by atoms with Crippen LogP contribution in [0.2, 0.25) is 10.0 Å². The Labute approximate surface area is 111 Å². The fourth-order valence-electron chi connectivity index (χ4n) is 1.49. The first-order valence-corrected chi connectivity index (χ1v) is 5.99. The summed E-state index contributed by atoms with van der Waals surface area (Å²) < 4.78 is 2.41. The Morgan fingerprint density at radius 2 is 2.06 bits per heavy atom. The lowest BCUT2D eigenvalue weighted by Crippen LogP contribution is -1.95. The molecule has 2 aromatic rings. The Balaban J connectivity index is 2.67. The Hall–Kier alpha value is -0.710. The largest absolute Gasteiger partial charge is 0.381 e. The quantitative estimate of drug-likeness (QED) is 0.870. The average Bonchev–Trinajstić information content (AvgIpc) is 2.43. The molecule has 0 aliphatic rings. The van der Waals surface area contributed by atoms with Gasteiger partial charge in [0.15, 0.2) is 5.82 Å². The summed E-state index contributed by atoms with van der Waals surface area (Å²) in [6.07, 6.45) is 0. The summed E-state index contributed by atoms with van der Waals surface area (Å²) in [7, 11) is 1.81. The topological polar surface area (TPSA) is 43.8 Å². The number of hydrogen-bond acceptors (Lipinski definition) is 2. The first-order valence-electron chi connectivity index (χ1n) is 4.44. The van der Waals surface area contributed by atoms with E-state index in [2.05, 4.69) is 21.0 Å². The SMILES string of the molecule is Cn1nc(N)c(Br)c1-c1ccc(Cl)cc1Cl. The first kappa shape index (κ1) is 11.8. The van der Waals surface area contributed by atoms with Gasteiger partial charge in [-0.25, -0.2) is 0 Å². The highest BCUT2D eigenvalue weighted by molar-refractivity contribution is 9.10. The zero-order chi connectivity index (χ0) is 11.9. The van der Waals surface area contributed by atoms with Crippen molar-refractivity contribution in [3.63, 3.8) is 0 Å². The van der Waals surface area contributed by atoms with Crippen molar-refractivity contribution in [3.05, 3.63) is 32.7 Å². The maximum Gasteiger partial charge on any atom is 0.160 e. The van der Waals surface area contributed by atoms with E-state index < -0.39 is 0 Å². The fourth-order valence-corrected chi connectivity index (χ4v) is 2.54. The van der Waals surface area contributed by atoms with Gasteiger partial charge in [0.1, 0.15) is 0 Å². The lowest BCUT2D eigenvalue weighted by molar-refractivity contribution is 0.780. The minimum atomic E-state index is 0.434. The van der Waals surface area contributed by atoms with Crippen molar-refractivity contribution in [3.8, 4) is 11.3 Å². The highest BCUT2D eigenvalue weighted by atomic mass is 79.9. The monoisotopic (exact) mass is 319 g/mol. The molecule has 2 N–H and O–H groups in total. The second-order valence-corrected chi connectivity index (χ2v) is 4.93. The maximum absolute atomic E-state index is 6.13. The number of nitrogen functional groups attached to an aromatic ring is 1. The Morgan fingerprint density at radius 1 is 1.38 bits per heavy atom. The van der Waals surface area contributed by atoms with Crippen LogP contribution in [0.1, 0.15) is 0 Å². The van der Waals surface area contributed by atoms with Crippen molar-refractivity contribution < 1.29 is 0 Å². The molecular formula is C10H8BrCl2N3. The Morgan fingerprint density at radius 3 is 2.56 bits per heavy atom. The number of nitrogens with zero attached hydrogens (tertiary/aromatic N) is 2. The molecule has 0 saturated carbocycles. The third kappa shape index (κ3) is 1.93. The molecule has 0 spiro atoms. The van der Waals surface area contributed by atoms with Gasteiger partial charge in [-0.05, 0) is 34.1 Å². The van der Waals surface area contributed by atoms with Gasteiger partial charge in [0.2, 0.25) is 0 Å². The summed E-state index contributed by atoms with van der Waals surface area (Å²) in [6, 6.07) is 5.30. The average molecular weight is 321 g/mol. The fraction of sp³-hybridized carbons (Fsp3) is 0.100. The van der Waals surface area contributed by atoms with Crippen molar-refractivity contribution in [2.45, 2.75) is 0 Å². The molecule has 1 aromatic heterocycles. The van der Waals surface area contributed by atoms with Crippen molar-refractivity contribution in [2.75, 3.05) is 5.73 Å². The number of hydrogen-bond donors (Lipinski definition) is 1. The predicted molar refractivity (Wildman–Crippen MR) is 70.8 cm³/mol. The molecule has 6 heteroatoms. The number of halogens is 3.